The molecule has 3 aliphatic rings. The minimum absolute atomic E-state index is 0.00399. The molecule has 2 amide bonds. The number of nitrogens with zero attached hydrogens (tertiary/aromatic N) is 3. The van der Waals surface area contributed by atoms with E-state index in [4.69, 9.17) is 0 Å². The third-order valence-electron chi connectivity index (χ3n) is 6.29. The Morgan fingerprint density at radius 3 is 2.55 bits per heavy atom. The number of hydrazone groups is 1. The van der Waals surface area contributed by atoms with E-state index in [9.17, 15) is 26.4 Å². The Kier molecular flexibility index (Phi) is 6.61. The summed E-state index contributed by atoms with van der Waals surface area (Å²) in [4.78, 5) is 25.3. The Hall–Kier alpha value is -2.31. The fourth-order valence-corrected chi connectivity index (χ4v) is 7.57. The fraction of sp³-hybridized carbons (Fsp3) is 0.571. The maximum absolute atomic E-state index is 13.0. The van der Waals surface area contributed by atoms with Crippen molar-refractivity contribution in [2.45, 2.75) is 56.4 Å². The molecule has 10 nitrogen and oxygen atoms in total. The van der Waals surface area contributed by atoms with E-state index in [0.29, 0.717) is 30.8 Å². The van der Waals surface area contributed by atoms with E-state index < -0.39 is 31.8 Å². The van der Waals surface area contributed by atoms with Gasteiger partial charge in [0.05, 0.1) is 22.4 Å². The summed E-state index contributed by atoms with van der Waals surface area (Å²) in [5.41, 5.74) is 1.16. The van der Waals surface area contributed by atoms with Gasteiger partial charge in [-0.1, -0.05) is 12.5 Å². The van der Waals surface area contributed by atoms with Crippen LogP contribution < -0.4 is 5.32 Å². The highest BCUT2D eigenvalue weighted by Crippen LogP contribution is 2.26. The van der Waals surface area contributed by atoms with Gasteiger partial charge in [0.15, 0.2) is 9.84 Å². The Labute approximate surface area is 194 Å². The highest BCUT2D eigenvalue weighted by Gasteiger charge is 2.37. The molecule has 1 N–H and O–H groups in total. The monoisotopic (exact) mass is 496 g/mol. The second-order valence-electron chi connectivity index (χ2n) is 8.74. The maximum atomic E-state index is 13.0. The molecule has 0 aromatic heterocycles. The maximum Gasteiger partial charge on any atom is 0.271 e. The summed E-state index contributed by atoms with van der Waals surface area (Å²) in [5, 5.41) is 8.04. The average molecular weight is 497 g/mol. The SMILES string of the molecule is Cc1ccc(S(=O)(=O)N2CCCCC2)cc1NC(=O)C1=NN([C@@H]2CCS(=O)(=O)C2)C(=O)CC1. The van der Waals surface area contributed by atoms with E-state index in [0.717, 1.165) is 24.3 Å². The molecule has 0 radical (unpaired) electrons. The predicted octanol–water partition coefficient (Wildman–Crippen LogP) is 1.27. The van der Waals surface area contributed by atoms with Crippen LogP contribution in [-0.4, -0.2) is 74.3 Å². The standard InChI is InChI=1S/C21H28N4O6S2/c1-15-5-6-17(33(30,31)24-10-3-2-4-11-24)13-19(15)22-21(27)18-7-8-20(26)25(23-18)16-9-12-32(28,29)14-16/h5-6,13,16H,2-4,7-12,14H2,1H3,(H,22,27)/t16-/m1/s1. The lowest BCUT2D eigenvalue weighted by atomic mass is 10.1. The van der Waals surface area contributed by atoms with Gasteiger partial charge in [-0.25, -0.2) is 21.8 Å². The molecular weight excluding hydrogens is 468 g/mol. The topological polar surface area (TPSA) is 133 Å². The third kappa shape index (κ3) is 5.12. The number of benzene rings is 1. The van der Waals surface area contributed by atoms with Gasteiger partial charge in [-0.05, 0) is 43.9 Å². The number of hydrogen-bond donors (Lipinski definition) is 1. The molecule has 2 saturated heterocycles. The molecule has 0 aliphatic carbocycles. The number of piperidine rings is 1. The molecule has 33 heavy (non-hydrogen) atoms. The molecule has 4 rings (SSSR count). The van der Waals surface area contributed by atoms with Crippen molar-refractivity contribution in [2.24, 2.45) is 5.10 Å². The number of rotatable bonds is 5. The number of carbonyl (C=O) groups excluding carboxylic acids is 2. The fourth-order valence-electron chi connectivity index (χ4n) is 4.33. The first kappa shape index (κ1) is 23.8. The van der Waals surface area contributed by atoms with E-state index in [2.05, 4.69) is 10.4 Å². The van der Waals surface area contributed by atoms with Crippen LogP contribution in [0.3, 0.4) is 0 Å². The van der Waals surface area contributed by atoms with Crippen molar-refractivity contribution in [3.63, 3.8) is 0 Å². The second kappa shape index (κ2) is 9.15. The number of sulfonamides is 1. The number of anilines is 1. The molecule has 180 valence electrons. The van der Waals surface area contributed by atoms with Crippen molar-refractivity contribution in [3.8, 4) is 0 Å². The summed E-state index contributed by atoms with van der Waals surface area (Å²) in [5.74, 6) is -1.01. The van der Waals surface area contributed by atoms with Crippen molar-refractivity contribution in [3.05, 3.63) is 23.8 Å². The number of hydrogen-bond acceptors (Lipinski definition) is 7. The van der Waals surface area contributed by atoms with Crippen molar-refractivity contribution >= 4 is 43.1 Å². The Balaban J connectivity index is 1.54. The first-order chi connectivity index (χ1) is 15.6. The molecule has 1 atom stereocenters. The summed E-state index contributed by atoms with van der Waals surface area (Å²) >= 11 is 0. The third-order valence-corrected chi connectivity index (χ3v) is 9.93. The van der Waals surface area contributed by atoms with Gasteiger partial charge in [-0.15, -0.1) is 0 Å². The largest absolute Gasteiger partial charge is 0.321 e. The molecule has 0 unspecified atom stereocenters. The summed E-state index contributed by atoms with van der Waals surface area (Å²) < 4.78 is 51.1. The van der Waals surface area contributed by atoms with Crippen LogP contribution in [0.25, 0.3) is 0 Å². The lowest BCUT2D eigenvalue weighted by Crippen LogP contribution is -2.42. The van der Waals surface area contributed by atoms with E-state index in [1.54, 1.807) is 13.0 Å². The highest BCUT2D eigenvalue weighted by atomic mass is 32.2. The van der Waals surface area contributed by atoms with Gasteiger partial charge in [0, 0.05) is 31.6 Å². The summed E-state index contributed by atoms with van der Waals surface area (Å²) in [7, 11) is -6.87. The minimum atomic E-state index is -3.66. The molecule has 1 aromatic rings. The minimum Gasteiger partial charge on any atom is -0.321 e. The normalized spacial score (nSPS) is 23.9. The van der Waals surface area contributed by atoms with Crippen LogP contribution in [0.4, 0.5) is 5.69 Å². The number of amides is 2. The van der Waals surface area contributed by atoms with Crippen LogP contribution in [0.15, 0.2) is 28.2 Å². The first-order valence-electron chi connectivity index (χ1n) is 11.1. The number of sulfone groups is 1. The second-order valence-corrected chi connectivity index (χ2v) is 12.9. The molecule has 1 aromatic carbocycles. The van der Waals surface area contributed by atoms with E-state index in [1.165, 1.54) is 16.4 Å². The average Bonchev–Trinajstić information content (AvgIpc) is 3.15. The van der Waals surface area contributed by atoms with Gasteiger partial charge in [-0.3, -0.25) is 9.59 Å². The molecule has 2 fully saturated rings. The van der Waals surface area contributed by atoms with Gasteiger partial charge < -0.3 is 5.32 Å². The van der Waals surface area contributed by atoms with E-state index in [1.807, 2.05) is 0 Å². The molecule has 12 heteroatoms. The molecule has 3 aliphatic heterocycles. The highest BCUT2D eigenvalue weighted by molar-refractivity contribution is 7.91. The molecular formula is C21H28N4O6S2. The van der Waals surface area contributed by atoms with E-state index >= 15 is 0 Å². The summed E-state index contributed by atoms with van der Waals surface area (Å²) in [6.45, 7) is 2.72. The van der Waals surface area contributed by atoms with Gasteiger partial charge in [0.25, 0.3) is 5.91 Å². The summed E-state index contributed by atoms with van der Waals surface area (Å²) in [6.07, 6.45) is 3.15. The molecule has 3 heterocycles. The zero-order valence-electron chi connectivity index (χ0n) is 18.5. The van der Waals surface area contributed by atoms with Crippen LogP contribution in [-0.2, 0) is 29.4 Å². The van der Waals surface area contributed by atoms with Gasteiger partial charge >= 0.3 is 0 Å². The first-order valence-corrected chi connectivity index (χ1v) is 14.3. The summed E-state index contributed by atoms with van der Waals surface area (Å²) in [6, 6.07) is 4.07. The number of carbonyl (C=O) groups is 2. The van der Waals surface area contributed by atoms with Gasteiger partial charge in [0.1, 0.15) is 5.71 Å². The van der Waals surface area contributed by atoms with Gasteiger partial charge in [-0.2, -0.15) is 9.41 Å². The lowest BCUT2D eigenvalue weighted by molar-refractivity contribution is -0.133. The van der Waals surface area contributed by atoms with Crippen LogP contribution >= 0.6 is 0 Å². The zero-order valence-corrected chi connectivity index (χ0v) is 20.1. The van der Waals surface area contributed by atoms with Crippen LogP contribution in [0.1, 0.15) is 44.1 Å². The van der Waals surface area contributed by atoms with Crippen molar-refractivity contribution in [1.29, 1.82) is 0 Å². The predicted molar refractivity (Wildman–Crippen MR) is 123 cm³/mol. The van der Waals surface area contributed by atoms with Crippen molar-refractivity contribution < 1.29 is 26.4 Å². The van der Waals surface area contributed by atoms with Gasteiger partial charge in [0.2, 0.25) is 15.9 Å². The van der Waals surface area contributed by atoms with Crippen LogP contribution in [0, 0.1) is 6.92 Å². The van der Waals surface area contributed by atoms with E-state index in [-0.39, 0.29) is 40.9 Å². The lowest BCUT2D eigenvalue weighted by Gasteiger charge is -2.27. The quantitative estimate of drug-likeness (QED) is 0.653. The zero-order chi connectivity index (χ0) is 23.8. The smallest absolute Gasteiger partial charge is 0.271 e. The Bertz CT molecular complexity index is 1200. The molecule has 0 bridgehead atoms. The number of aryl methyl sites for hydroxylation is 1. The Morgan fingerprint density at radius 1 is 1.15 bits per heavy atom. The number of nitrogens with one attached hydrogen (secondary N) is 1. The van der Waals surface area contributed by atoms with Crippen molar-refractivity contribution in [2.75, 3.05) is 29.9 Å². The molecule has 0 spiro atoms. The van der Waals surface area contributed by atoms with Crippen LogP contribution in [0.5, 0.6) is 0 Å². The Morgan fingerprint density at radius 2 is 1.88 bits per heavy atom. The van der Waals surface area contributed by atoms with Crippen LogP contribution in [0.2, 0.25) is 0 Å². The van der Waals surface area contributed by atoms with Crippen molar-refractivity contribution in [1.82, 2.24) is 9.31 Å². The molecule has 0 saturated carbocycles.